The zero-order valence-electron chi connectivity index (χ0n) is 12.9. The lowest BCUT2D eigenvalue weighted by atomic mass is 10.3. The van der Waals surface area contributed by atoms with Gasteiger partial charge in [-0.2, -0.15) is 5.10 Å². The molecule has 0 unspecified atom stereocenters. The summed E-state index contributed by atoms with van der Waals surface area (Å²) in [5, 5.41) is 5.16. The summed E-state index contributed by atoms with van der Waals surface area (Å²) in [4.78, 5) is 24.1. The number of carbonyl (C=O) groups excluding carboxylic acids is 2. The normalized spacial score (nSPS) is 10.8. The number of nitrogens with zero attached hydrogens (tertiary/aromatic N) is 2. The molecule has 0 amide bonds. The van der Waals surface area contributed by atoms with Gasteiger partial charge in [0.25, 0.3) is 0 Å². The summed E-state index contributed by atoms with van der Waals surface area (Å²) < 4.78 is 24.3. The Morgan fingerprint density at radius 3 is 2.83 bits per heavy atom. The minimum Gasteiger partial charge on any atom is -0.466 e. The Balaban J connectivity index is 1.95. The van der Waals surface area contributed by atoms with E-state index in [9.17, 15) is 14.0 Å². The van der Waals surface area contributed by atoms with Crippen LogP contribution in [0.25, 0.3) is 15.9 Å². The molecular weight excluding hydrogens is 335 g/mol. The maximum absolute atomic E-state index is 13.4. The van der Waals surface area contributed by atoms with Crippen molar-refractivity contribution in [1.82, 2.24) is 9.78 Å². The second kappa shape index (κ2) is 6.40. The fourth-order valence-corrected chi connectivity index (χ4v) is 3.26. The van der Waals surface area contributed by atoms with E-state index in [0.717, 1.165) is 16.7 Å². The minimum atomic E-state index is -0.633. The highest BCUT2D eigenvalue weighted by Gasteiger charge is 2.19. The summed E-state index contributed by atoms with van der Waals surface area (Å²) in [5.74, 6) is -1.62. The largest absolute Gasteiger partial charge is 0.466 e. The molecular formula is C16H13FN2O4S. The highest BCUT2D eigenvalue weighted by molar-refractivity contribution is 7.20. The van der Waals surface area contributed by atoms with Crippen LogP contribution in [0.3, 0.4) is 0 Å². The number of hydrogen-bond donors (Lipinski definition) is 0. The zero-order chi connectivity index (χ0) is 17.3. The number of fused-ring (bicyclic) bond motifs is 1. The first-order chi connectivity index (χ1) is 11.5. The molecule has 2 heterocycles. The second-order valence-electron chi connectivity index (χ2n) is 4.96. The SMILES string of the molecule is COC(=O)COC(=O)c1cc2c(C)nn(-c3cccc(F)c3)c2s1. The predicted molar refractivity (Wildman–Crippen MR) is 85.9 cm³/mol. The Morgan fingerprint density at radius 1 is 1.33 bits per heavy atom. The smallest absolute Gasteiger partial charge is 0.348 e. The van der Waals surface area contributed by atoms with E-state index in [1.165, 1.54) is 19.2 Å². The molecule has 0 radical (unpaired) electrons. The first-order valence-corrected chi connectivity index (χ1v) is 7.80. The number of halogens is 1. The van der Waals surface area contributed by atoms with E-state index < -0.39 is 18.5 Å². The molecule has 0 saturated heterocycles. The van der Waals surface area contributed by atoms with Crippen LogP contribution in [0.5, 0.6) is 0 Å². The number of benzene rings is 1. The quantitative estimate of drug-likeness (QED) is 0.678. The first-order valence-electron chi connectivity index (χ1n) is 6.98. The van der Waals surface area contributed by atoms with Crippen molar-refractivity contribution >= 4 is 33.5 Å². The van der Waals surface area contributed by atoms with Gasteiger partial charge in [-0.15, -0.1) is 11.3 Å². The van der Waals surface area contributed by atoms with Crippen molar-refractivity contribution in [2.75, 3.05) is 13.7 Å². The molecule has 2 aromatic heterocycles. The summed E-state index contributed by atoms with van der Waals surface area (Å²) in [6, 6.07) is 7.68. The number of methoxy groups -OCH3 is 1. The van der Waals surface area contributed by atoms with E-state index in [2.05, 4.69) is 9.84 Å². The van der Waals surface area contributed by atoms with Gasteiger partial charge in [-0.1, -0.05) is 6.07 Å². The average molecular weight is 348 g/mol. The van der Waals surface area contributed by atoms with Gasteiger partial charge in [-0.05, 0) is 31.2 Å². The summed E-state index contributed by atoms with van der Waals surface area (Å²) in [6.07, 6.45) is 0. The van der Waals surface area contributed by atoms with Gasteiger partial charge in [0.2, 0.25) is 0 Å². The lowest BCUT2D eigenvalue weighted by Gasteiger charge is -2.02. The summed E-state index contributed by atoms with van der Waals surface area (Å²) >= 11 is 1.16. The van der Waals surface area contributed by atoms with Crippen molar-refractivity contribution in [3.8, 4) is 5.69 Å². The van der Waals surface area contributed by atoms with E-state index in [0.29, 0.717) is 21.1 Å². The average Bonchev–Trinajstić information content (AvgIpc) is 3.13. The fraction of sp³-hybridized carbons (Fsp3) is 0.188. The van der Waals surface area contributed by atoms with E-state index in [1.807, 2.05) is 0 Å². The highest BCUT2D eigenvalue weighted by atomic mass is 32.1. The van der Waals surface area contributed by atoms with Crippen molar-refractivity contribution < 1.29 is 23.5 Å². The molecule has 24 heavy (non-hydrogen) atoms. The van der Waals surface area contributed by atoms with Crippen LogP contribution in [0.1, 0.15) is 15.4 Å². The maximum atomic E-state index is 13.4. The number of hydrogen-bond acceptors (Lipinski definition) is 6. The Bertz CT molecular complexity index is 931. The number of ether oxygens (including phenoxy) is 2. The third-order valence-electron chi connectivity index (χ3n) is 3.35. The molecule has 3 aromatic rings. The number of thiophene rings is 1. The van der Waals surface area contributed by atoms with Crippen LogP contribution in [0.2, 0.25) is 0 Å². The van der Waals surface area contributed by atoms with Crippen molar-refractivity contribution in [3.05, 3.63) is 46.7 Å². The minimum absolute atomic E-state index is 0.333. The number of aryl methyl sites for hydroxylation is 1. The molecule has 8 heteroatoms. The maximum Gasteiger partial charge on any atom is 0.348 e. The van der Waals surface area contributed by atoms with Gasteiger partial charge < -0.3 is 9.47 Å². The lowest BCUT2D eigenvalue weighted by molar-refractivity contribution is -0.144. The Labute approximate surface area is 140 Å². The van der Waals surface area contributed by atoms with E-state index in [-0.39, 0.29) is 5.82 Å². The lowest BCUT2D eigenvalue weighted by Crippen LogP contribution is -2.14. The van der Waals surface area contributed by atoms with Crippen LogP contribution < -0.4 is 0 Å². The zero-order valence-corrected chi connectivity index (χ0v) is 13.7. The molecule has 0 spiro atoms. The van der Waals surface area contributed by atoms with E-state index >= 15 is 0 Å². The molecule has 0 aliphatic heterocycles. The molecule has 0 fully saturated rings. The Kier molecular flexibility index (Phi) is 4.30. The number of carbonyl (C=O) groups is 2. The molecule has 124 valence electrons. The van der Waals surface area contributed by atoms with Crippen LogP contribution >= 0.6 is 11.3 Å². The van der Waals surface area contributed by atoms with Crippen molar-refractivity contribution in [1.29, 1.82) is 0 Å². The van der Waals surface area contributed by atoms with Crippen LogP contribution in [0.15, 0.2) is 30.3 Å². The van der Waals surface area contributed by atoms with E-state index in [4.69, 9.17) is 4.74 Å². The van der Waals surface area contributed by atoms with Gasteiger partial charge in [-0.25, -0.2) is 18.7 Å². The third-order valence-corrected chi connectivity index (χ3v) is 4.44. The summed E-state index contributed by atoms with van der Waals surface area (Å²) in [7, 11) is 1.21. The standard InChI is InChI=1S/C16H13FN2O4S/c1-9-12-7-13(16(21)23-8-14(20)22-2)24-15(12)19(18-9)11-5-3-4-10(17)6-11/h3-7H,8H2,1-2H3. The monoisotopic (exact) mass is 348 g/mol. The Morgan fingerprint density at radius 2 is 2.12 bits per heavy atom. The Hall–Kier alpha value is -2.74. The first kappa shape index (κ1) is 16.1. The van der Waals surface area contributed by atoms with Gasteiger partial charge in [0.15, 0.2) is 6.61 Å². The molecule has 0 atom stereocenters. The van der Waals surface area contributed by atoms with E-state index in [1.54, 1.807) is 29.8 Å². The molecule has 0 aliphatic rings. The molecule has 0 saturated carbocycles. The fourth-order valence-electron chi connectivity index (χ4n) is 2.19. The van der Waals surface area contributed by atoms with Gasteiger partial charge in [-0.3, -0.25) is 0 Å². The van der Waals surface area contributed by atoms with Crippen LogP contribution in [0, 0.1) is 12.7 Å². The molecule has 6 nitrogen and oxygen atoms in total. The van der Waals surface area contributed by atoms with Crippen LogP contribution in [-0.2, 0) is 14.3 Å². The highest BCUT2D eigenvalue weighted by Crippen LogP contribution is 2.30. The van der Waals surface area contributed by atoms with Crippen molar-refractivity contribution in [2.24, 2.45) is 0 Å². The molecule has 0 N–H and O–H groups in total. The third kappa shape index (κ3) is 3.00. The van der Waals surface area contributed by atoms with Crippen molar-refractivity contribution in [3.63, 3.8) is 0 Å². The number of aromatic nitrogens is 2. The molecule has 3 rings (SSSR count). The number of rotatable bonds is 4. The van der Waals surface area contributed by atoms with Gasteiger partial charge >= 0.3 is 11.9 Å². The van der Waals surface area contributed by atoms with Crippen molar-refractivity contribution in [2.45, 2.75) is 6.92 Å². The van der Waals surface area contributed by atoms with Crippen LogP contribution in [0.4, 0.5) is 4.39 Å². The van der Waals surface area contributed by atoms with Gasteiger partial charge in [0, 0.05) is 5.39 Å². The predicted octanol–water partition coefficient (Wildman–Crippen LogP) is 2.86. The molecule has 0 aliphatic carbocycles. The topological polar surface area (TPSA) is 70.4 Å². The van der Waals surface area contributed by atoms with Crippen LogP contribution in [-0.4, -0.2) is 35.4 Å². The number of esters is 2. The van der Waals surface area contributed by atoms with Gasteiger partial charge in [0.05, 0.1) is 18.5 Å². The summed E-state index contributed by atoms with van der Waals surface area (Å²) in [5.41, 5.74) is 1.27. The molecule has 0 bridgehead atoms. The second-order valence-corrected chi connectivity index (χ2v) is 5.99. The summed E-state index contributed by atoms with van der Waals surface area (Å²) in [6.45, 7) is 1.35. The molecule has 1 aromatic carbocycles. The van der Waals surface area contributed by atoms with Gasteiger partial charge in [0.1, 0.15) is 15.5 Å².